The molecule has 2 aromatic carbocycles. The molecule has 0 amide bonds. The molecule has 6 nitrogen and oxygen atoms in total. The van der Waals surface area contributed by atoms with E-state index in [9.17, 15) is 9.59 Å². The third-order valence-electron chi connectivity index (χ3n) is 3.91. The third-order valence-corrected chi connectivity index (χ3v) is 4.19. The number of rotatable bonds is 5. The van der Waals surface area contributed by atoms with Crippen molar-refractivity contribution in [3.05, 3.63) is 64.9 Å². The fraction of sp³-hybridized carbons (Fsp3) is 0.100. The van der Waals surface area contributed by atoms with Gasteiger partial charge in [-0.2, -0.15) is 0 Å². The van der Waals surface area contributed by atoms with Crippen LogP contribution in [0.2, 0.25) is 5.02 Å². The first-order valence-corrected chi connectivity index (χ1v) is 8.44. The number of carbonyl (C=O) groups excluding carboxylic acids is 2. The van der Waals surface area contributed by atoms with Gasteiger partial charge >= 0.3 is 5.97 Å². The standard InChI is InChI=1S/C20H13ClO6/c21-14-7-12(8-18-20(14)26-11-25-18)5-6-19(23)24-10-15(22)17-9-13-3-1-2-4-16(13)27-17/h1-9H,10-11H2/b6-5+. The molecule has 0 saturated heterocycles. The second-order valence-electron chi connectivity index (χ2n) is 5.75. The molecule has 1 aliphatic heterocycles. The summed E-state index contributed by atoms with van der Waals surface area (Å²) < 4.78 is 20.9. The van der Waals surface area contributed by atoms with E-state index >= 15 is 0 Å². The van der Waals surface area contributed by atoms with Crippen molar-refractivity contribution in [2.24, 2.45) is 0 Å². The van der Waals surface area contributed by atoms with E-state index < -0.39 is 18.4 Å². The van der Waals surface area contributed by atoms with Crippen LogP contribution in [0.4, 0.5) is 0 Å². The number of benzene rings is 2. The number of Topliss-reactive ketones (excluding diaryl/α,β-unsaturated/α-hetero) is 1. The largest absolute Gasteiger partial charge is 0.454 e. The molecule has 0 fully saturated rings. The molecular weight excluding hydrogens is 372 g/mol. The van der Waals surface area contributed by atoms with E-state index in [2.05, 4.69) is 0 Å². The number of ether oxygens (including phenoxy) is 3. The Kier molecular flexibility index (Phi) is 4.56. The first-order valence-electron chi connectivity index (χ1n) is 8.06. The number of hydrogen-bond donors (Lipinski definition) is 0. The lowest BCUT2D eigenvalue weighted by molar-refractivity contribution is -0.136. The molecule has 2 heterocycles. The van der Waals surface area contributed by atoms with Gasteiger partial charge in [-0.05, 0) is 35.9 Å². The molecule has 0 aliphatic carbocycles. The number of furan rings is 1. The first-order chi connectivity index (χ1) is 13.1. The highest BCUT2D eigenvalue weighted by Crippen LogP contribution is 2.40. The molecule has 0 N–H and O–H groups in total. The number of halogens is 1. The maximum Gasteiger partial charge on any atom is 0.331 e. The normalized spacial score (nSPS) is 12.6. The number of fused-ring (bicyclic) bond motifs is 2. The van der Waals surface area contributed by atoms with Gasteiger partial charge in [0.2, 0.25) is 12.6 Å². The molecule has 1 aromatic heterocycles. The van der Waals surface area contributed by atoms with Gasteiger partial charge in [-0.1, -0.05) is 29.8 Å². The predicted molar refractivity (Wildman–Crippen MR) is 98.1 cm³/mol. The van der Waals surface area contributed by atoms with Crippen LogP contribution < -0.4 is 9.47 Å². The highest BCUT2D eigenvalue weighted by atomic mass is 35.5. The third kappa shape index (κ3) is 3.66. The van der Waals surface area contributed by atoms with E-state index in [1.54, 1.807) is 24.3 Å². The molecule has 27 heavy (non-hydrogen) atoms. The Hall–Kier alpha value is -3.25. The molecule has 1 aliphatic rings. The van der Waals surface area contributed by atoms with E-state index in [-0.39, 0.29) is 12.6 Å². The summed E-state index contributed by atoms with van der Waals surface area (Å²) in [6, 6.07) is 12.2. The molecule has 136 valence electrons. The molecule has 0 bridgehead atoms. The van der Waals surface area contributed by atoms with Crippen LogP contribution in [-0.4, -0.2) is 25.2 Å². The maximum atomic E-state index is 12.1. The van der Waals surface area contributed by atoms with Crippen LogP contribution in [0.1, 0.15) is 16.1 Å². The summed E-state index contributed by atoms with van der Waals surface area (Å²) in [4.78, 5) is 24.0. The van der Waals surface area contributed by atoms with Crippen LogP contribution >= 0.6 is 11.6 Å². The van der Waals surface area contributed by atoms with Crippen LogP contribution in [0.15, 0.2) is 53.0 Å². The summed E-state index contributed by atoms with van der Waals surface area (Å²) in [6.07, 6.45) is 2.72. The fourth-order valence-electron chi connectivity index (χ4n) is 2.62. The molecule has 0 radical (unpaired) electrons. The van der Waals surface area contributed by atoms with Gasteiger partial charge in [-0.15, -0.1) is 0 Å². The zero-order valence-corrected chi connectivity index (χ0v) is 14.7. The number of esters is 1. The van der Waals surface area contributed by atoms with Gasteiger partial charge in [0.25, 0.3) is 0 Å². The van der Waals surface area contributed by atoms with Crippen molar-refractivity contribution in [3.63, 3.8) is 0 Å². The Morgan fingerprint density at radius 2 is 2.00 bits per heavy atom. The number of carbonyl (C=O) groups is 2. The maximum absolute atomic E-state index is 12.1. The molecule has 7 heteroatoms. The number of ketones is 1. The molecule has 0 unspecified atom stereocenters. The Bertz CT molecular complexity index is 1030. The SMILES string of the molecule is O=C(/C=C/c1cc(Cl)c2c(c1)OCO2)OCC(=O)c1cc2ccccc2o1. The van der Waals surface area contributed by atoms with Crippen molar-refractivity contribution in [2.45, 2.75) is 0 Å². The first kappa shape index (κ1) is 17.2. The minimum atomic E-state index is -0.659. The van der Waals surface area contributed by atoms with Crippen LogP contribution in [0.3, 0.4) is 0 Å². The zero-order chi connectivity index (χ0) is 18.8. The minimum absolute atomic E-state index is 0.105. The Morgan fingerprint density at radius 3 is 2.85 bits per heavy atom. The summed E-state index contributed by atoms with van der Waals surface area (Å²) in [5.41, 5.74) is 1.25. The van der Waals surface area contributed by atoms with Gasteiger partial charge in [0, 0.05) is 11.5 Å². The summed E-state index contributed by atoms with van der Waals surface area (Å²) in [5, 5.41) is 1.20. The Balaban J connectivity index is 1.37. The monoisotopic (exact) mass is 384 g/mol. The van der Waals surface area contributed by atoms with Gasteiger partial charge < -0.3 is 18.6 Å². The second kappa shape index (κ2) is 7.17. The van der Waals surface area contributed by atoms with Crippen molar-refractivity contribution >= 4 is 40.4 Å². The van der Waals surface area contributed by atoms with Crippen molar-refractivity contribution in [3.8, 4) is 11.5 Å². The van der Waals surface area contributed by atoms with E-state index in [0.717, 1.165) is 5.39 Å². The van der Waals surface area contributed by atoms with E-state index in [1.165, 1.54) is 12.2 Å². The number of hydrogen-bond acceptors (Lipinski definition) is 6. The predicted octanol–water partition coefficient (Wildman–Crippen LogP) is 4.25. The van der Waals surface area contributed by atoms with Gasteiger partial charge in [-0.3, -0.25) is 4.79 Å². The van der Waals surface area contributed by atoms with Crippen molar-refractivity contribution in [1.82, 2.24) is 0 Å². The van der Waals surface area contributed by atoms with E-state index in [1.807, 2.05) is 18.2 Å². The van der Waals surface area contributed by atoms with Gasteiger partial charge in [0.15, 0.2) is 23.9 Å². The molecule has 0 saturated carbocycles. The average molecular weight is 385 g/mol. The van der Waals surface area contributed by atoms with Gasteiger partial charge in [0.05, 0.1) is 5.02 Å². The van der Waals surface area contributed by atoms with Gasteiger partial charge in [-0.25, -0.2) is 4.79 Å². The molecular formula is C20H13ClO6. The lowest BCUT2D eigenvalue weighted by atomic mass is 10.2. The number of para-hydroxylation sites is 1. The van der Waals surface area contributed by atoms with Crippen LogP contribution in [0, 0.1) is 0 Å². The van der Waals surface area contributed by atoms with Gasteiger partial charge in [0.1, 0.15) is 5.58 Å². The molecule has 0 spiro atoms. The van der Waals surface area contributed by atoms with E-state index in [4.69, 9.17) is 30.2 Å². The highest BCUT2D eigenvalue weighted by Gasteiger charge is 2.18. The van der Waals surface area contributed by atoms with Crippen LogP contribution in [-0.2, 0) is 9.53 Å². The fourth-order valence-corrected chi connectivity index (χ4v) is 2.90. The Morgan fingerprint density at radius 1 is 1.15 bits per heavy atom. The van der Waals surface area contributed by atoms with Crippen molar-refractivity contribution in [1.29, 1.82) is 0 Å². The second-order valence-corrected chi connectivity index (χ2v) is 6.16. The lowest BCUT2D eigenvalue weighted by Gasteiger charge is -2.01. The van der Waals surface area contributed by atoms with Crippen molar-refractivity contribution < 1.29 is 28.2 Å². The summed E-state index contributed by atoms with van der Waals surface area (Å²) >= 11 is 6.08. The molecule has 3 aromatic rings. The molecule has 0 atom stereocenters. The summed E-state index contributed by atoms with van der Waals surface area (Å²) in [5.74, 6) is 0.0614. The summed E-state index contributed by atoms with van der Waals surface area (Å²) in [7, 11) is 0. The van der Waals surface area contributed by atoms with Crippen LogP contribution in [0.25, 0.3) is 17.0 Å². The van der Waals surface area contributed by atoms with E-state index in [0.29, 0.717) is 27.7 Å². The zero-order valence-electron chi connectivity index (χ0n) is 13.9. The highest BCUT2D eigenvalue weighted by molar-refractivity contribution is 6.32. The quantitative estimate of drug-likeness (QED) is 0.372. The van der Waals surface area contributed by atoms with Crippen LogP contribution in [0.5, 0.6) is 11.5 Å². The smallest absolute Gasteiger partial charge is 0.331 e. The molecule has 4 rings (SSSR count). The lowest BCUT2D eigenvalue weighted by Crippen LogP contribution is -2.11. The Labute approximate surface area is 158 Å². The minimum Gasteiger partial charge on any atom is -0.454 e. The summed E-state index contributed by atoms with van der Waals surface area (Å²) in [6.45, 7) is -0.306. The van der Waals surface area contributed by atoms with Crippen molar-refractivity contribution in [2.75, 3.05) is 13.4 Å². The topological polar surface area (TPSA) is 75.0 Å². The average Bonchev–Trinajstić information content (AvgIpc) is 3.31.